The van der Waals surface area contributed by atoms with Gasteiger partial charge in [-0.2, -0.15) is 0 Å². The molecule has 0 bridgehead atoms. The summed E-state index contributed by atoms with van der Waals surface area (Å²) in [5.74, 6) is -0.218. The standard InChI is InChI=1S/C13H17BrFNO/c14-12-7-10(4-5-13(12)15)8-16-9-11-3-1-2-6-17-11/h4-5,7,11,16H,1-3,6,8-9H2. The van der Waals surface area contributed by atoms with Gasteiger partial charge in [-0.05, 0) is 52.9 Å². The summed E-state index contributed by atoms with van der Waals surface area (Å²) in [6.45, 7) is 2.50. The van der Waals surface area contributed by atoms with Gasteiger partial charge in [0, 0.05) is 19.7 Å². The average molecular weight is 302 g/mol. The minimum Gasteiger partial charge on any atom is -0.377 e. The number of halogens is 2. The van der Waals surface area contributed by atoms with Crippen LogP contribution in [0.3, 0.4) is 0 Å². The Labute approximate surface area is 110 Å². The van der Waals surface area contributed by atoms with Gasteiger partial charge in [0.05, 0.1) is 10.6 Å². The molecule has 1 unspecified atom stereocenters. The summed E-state index contributed by atoms with van der Waals surface area (Å²) in [6.07, 6.45) is 3.92. The zero-order chi connectivity index (χ0) is 12.1. The number of hydrogen-bond acceptors (Lipinski definition) is 2. The number of hydrogen-bond donors (Lipinski definition) is 1. The number of rotatable bonds is 4. The van der Waals surface area contributed by atoms with Gasteiger partial charge >= 0.3 is 0 Å². The number of benzene rings is 1. The smallest absolute Gasteiger partial charge is 0.137 e. The van der Waals surface area contributed by atoms with Gasteiger partial charge in [0.1, 0.15) is 5.82 Å². The molecule has 0 aromatic heterocycles. The molecule has 0 aliphatic carbocycles. The van der Waals surface area contributed by atoms with Gasteiger partial charge in [0.15, 0.2) is 0 Å². The van der Waals surface area contributed by atoms with E-state index >= 15 is 0 Å². The van der Waals surface area contributed by atoms with Crippen molar-refractivity contribution in [3.8, 4) is 0 Å². The molecule has 0 spiro atoms. The predicted molar refractivity (Wildman–Crippen MR) is 69.4 cm³/mol. The minimum atomic E-state index is -0.218. The maximum absolute atomic E-state index is 13.0. The molecule has 0 radical (unpaired) electrons. The lowest BCUT2D eigenvalue weighted by Gasteiger charge is -2.22. The molecule has 1 aromatic rings. The summed E-state index contributed by atoms with van der Waals surface area (Å²) in [5.41, 5.74) is 1.08. The second-order valence-electron chi connectivity index (χ2n) is 4.37. The Bertz CT molecular complexity index is 366. The largest absolute Gasteiger partial charge is 0.377 e. The van der Waals surface area contributed by atoms with Crippen LogP contribution in [0, 0.1) is 5.82 Å². The van der Waals surface area contributed by atoms with E-state index < -0.39 is 0 Å². The van der Waals surface area contributed by atoms with Crippen molar-refractivity contribution in [3.63, 3.8) is 0 Å². The van der Waals surface area contributed by atoms with E-state index in [1.807, 2.05) is 6.07 Å². The van der Waals surface area contributed by atoms with Crippen molar-refractivity contribution < 1.29 is 9.13 Å². The first-order valence-electron chi connectivity index (χ1n) is 6.02. The van der Waals surface area contributed by atoms with Crippen LogP contribution in [0.25, 0.3) is 0 Å². The molecule has 1 heterocycles. The van der Waals surface area contributed by atoms with E-state index in [0.717, 1.165) is 31.7 Å². The maximum atomic E-state index is 13.0. The molecule has 1 atom stereocenters. The van der Waals surface area contributed by atoms with Crippen LogP contribution >= 0.6 is 15.9 Å². The molecule has 94 valence electrons. The molecule has 1 N–H and O–H groups in total. The van der Waals surface area contributed by atoms with E-state index in [2.05, 4.69) is 21.2 Å². The zero-order valence-corrected chi connectivity index (χ0v) is 11.3. The first-order chi connectivity index (χ1) is 8.25. The third-order valence-electron chi connectivity index (χ3n) is 2.96. The Balaban J connectivity index is 1.75. The van der Waals surface area contributed by atoms with Crippen LogP contribution in [0.2, 0.25) is 0 Å². The van der Waals surface area contributed by atoms with Crippen LogP contribution in [0.4, 0.5) is 4.39 Å². The van der Waals surface area contributed by atoms with Crippen molar-refractivity contribution in [2.45, 2.75) is 31.9 Å². The Hall–Kier alpha value is -0.450. The quantitative estimate of drug-likeness (QED) is 0.922. The fourth-order valence-corrected chi connectivity index (χ4v) is 2.42. The second-order valence-corrected chi connectivity index (χ2v) is 5.22. The monoisotopic (exact) mass is 301 g/mol. The lowest BCUT2D eigenvalue weighted by atomic mass is 10.1. The fraction of sp³-hybridized carbons (Fsp3) is 0.538. The van der Waals surface area contributed by atoms with Gasteiger partial charge in [-0.25, -0.2) is 4.39 Å². The van der Waals surface area contributed by atoms with Gasteiger partial charge in [-0.3, -0.25) is 0 Å². The van der Waals surface area contributed by atoms with Crippen molar-refractivity contribution in [1.29, 1.82) is 0 Å². The normalized spacial score (nSPS) is 20.5. The van der Waals surface area contributed by atoms with Crippen molar-refractivity contribution in [2.75, 3.05) is 13.2 Å². The molecule has 0 amide bonds. The number of nitrogens with one attached hydrogen (secondary N) is 1. The Kier molecular flexibility index (Phi) is 4.95. The summed E-state index contributed by atoms with van der Waals surface area (Å²) in [6, 6.07) is 5.09. The highest BCUT2D eigenvalue weighted by molar-refractivity contribution is 9.10. The summed E-state index contributed by atoms with van der Waals surface area (Å²) in [5, 5.41) is 3.35. The van der Waals surface area contributed by atoms with Crippen molar-refractivity contribution in [3.05, 3.63) is 34.1 Å². The minimum absolute atomic E-state index is 0.218. The Morgan fingerprint density at radius 3 is 3.00 bits per heavy atom. The third-order valence-corrected chi connectivity index (χ3v) is 3.57. The topological polar surface area (TPSA) is 21.3 Å². The molecule has 4 heteroatoms. The summed E-state index contributed by atoms with van der Waals surface area (Å²) in [4.78, 5) is 0. The zero-order valence-electron chi connectivity index (χ0n) is 9.72. The molecule has 1 saturated heterocycles. The van der Waals surface area contributed by atoms with Crippen LogP contribution in [0.15, 0.2) is 22.7 Å². The van der Waals surface area contributed by atoms with Crippen molar-refractivity contribution in [1.82, 2.24) is 5.32 Å². The fourth-order valence-electron chi connectivity index (χ4n) is 2.00. The van der Waals surface area contributed by atoms with E-state index in [9.17, 15) is 4.39 Å². The van der Waals surface area contributed by atoms with E-state index in [4.69, 9.17) is 4.74 Å². The van der Waals surface area contributed by atoms with E-state index in [1.54, 1.807) is 6.07 Å². The van der Waals surface area contributed by atoms with Crippen LogP contribution in [-0.2, 0) is 11.3 Å². The number of ether oxygens (including phenoxy) is 1. The molecule has 17 heavy (non-hydrogen) atoms. The summed E-state index contributed by atoms with van der Waals surface area (Å²) in [7, 11) is 0. The van der Waals surface area contributed by atoms with Crippen molar-refractivity contribution >= 4 is 15.9 Å². The van der Waals surface area contributed by atoms with Gasteiger partial charge in [-0.15, -0.1) is 0 Å². The molecule has 1 aliphatic heterocycles. The first kappa shape index (κ1) is 13.0. The van der Waals surface area contributed by atoms with E-state index in [0.29, 0.717) is 10.6 Å². The lowest BCUT2D eigenvalue weighted by Crippen LogP contribution is -2.31. The molecular weight excluding hydrogens is 285 g/mol. The highest BCUT2D eigenvalue weighted by Crippen LogP contribution is 2.17. The predicted octanol–water partition coefficient (Wildman–Crippen LogP) is 3.25. The van der Waals surface area contributed by atoms with Crippen LogP contribution in [-0.4, -0.2) is 19.3 Å². The highest BCUT2D eigenvalue weighted by Gasteiger charge is 2.12. The summed E-state index contributed by atoms with van der Waals surface area (Å²) >= 11 is 3.19. The van der Waals surface area contributed by atoms with Gasteiger partial charge < -0.3 is 10.1 Å². The van der Waals surface area contributed by atoms with E-state index in [1.165, 1.54) is 18.9 Å². The van der Waals surface area contributed by atoms with Crippen LogP contribution in [0.5, 0.6) is 0 Å². The lowest BCUT2D eigenvalue weighted by molar-refractivity contribution is 0.0168. The summed E-state index contributed by atoms with van der Waals surface area (Å²) < 4.78 is 19.2. The molecule has 2 rings (SSSR count). The SMILES string of the molecule is Fc1ccc(CNCC2CCCCO2)cc1Br. The van der Waals surface area contributed by atoms with Crippen LogP contribution < -0.4 is 5.32 Å². The van der Waals surface area contributed by atoms with Crippen LogP contribution in [0.1, 0.15) is 24.8 Å². The average Bonchev–Trinajstić information content (AvgIpc) is 2.35. The third kappa shape index (κ3) is 4.05. The van der Waals surface area contributed by atoms with E-state index in [-0.39, 0.29) is 5.82 Å². The Morgan fingerprint density at radius 1 is 1.41 bits per heavy atom. The maximum Gasteiger partial charge on any atom is 0.137 e. The Morgan fingerprint density at radius 2 is 2.29 bits per heavy atom. The molecule has 1 aromatic carbocycles. The molecule has 0 saturated carbocycles. The van der Waals surface area contributed by atoms with Gasteiger partial charge in [-0.1, -0.05) is 6.07 Å². The molecule has 1 fully saturated rings. The van der Waals surface area contributed by atoms with Crippen molar-refractivity contribution in [2.24, 2.45) is 0 Å². The second kappa shape index (κ2) is 6.47. The van der Waals surface area contributed by atoms with Gasteiger partial charge in [0.25, 0.3) is 0 Å². The molecule has 2 nitrogen and oxygen atoms in total. The first-order valence-corrected chi connectivity index (χ1v) is 6.81. The molecular formula is C13H17BrFNO. The molecule has 1 aliphatic rings. The highest BCUT2D eigenvalue weighted by atomic mass is 79.9. The van der Waals surface area contributed by atoms with Gasteiger partial charge in [0.2, 0.25) is 0 Å².